The van der Waals surface area contributed by atoms with Crippen LogP contribution in [0.25, 0.3) is 0 Å². The van der Waals surface area contributed by atoms with E-state index < -0.39 is 24.4 Å². The first kappa shape index (κ1) is 14.0. The van der Waals surface area contributed by atoms with E-state index in [1.807, 2.05) is 0 Å². The number of amides is 2. The highest BCUT2D eigenvalue weighted by atomic mass is 19.1. The number of hydrogen-bond donors (Lipinski definition) is 2. The maximum Gasteiger partial charge on any atom is 0.323 e. The van der Waals surface area contributed by atoms with Crippen molar-refractivity contribution in [2.75, 3.05) is 18.4 Å². The third kappa shape index (κ3) is 3.44. The maximum atomic E-state index is 13.3. The predicted molar refractivity (Wildman–Crippen MR) is 65.0 cm³/mol. The van der Waals surface area contributed by atoms with Gasteiger partial charge in [0.25, 0.3) is 0 Å². The monoisotopic (exact) mass is 254 g/mol. The number of urea groups is 1. The first-order chi connectivity index (χ1) is 8.45. The molecule has 1 aromatic carbocycles. The number of halogens is 1. The van der Waals surface area contributed by atoms with Gasteiger partial charge in [0.05, 0.1) is 0 Å². The van der Waals surface area contributed by atoms with Crippen molar-refractivity contribution < 1.29 is 19.1 Å². The molecule has 0 saturated carbocycles. The number of carboxylic acid groups (broad SMARTS) is 1. The number of anilines is 1. The number of aliphatic carboxylic acids is 1. The quantitative estimate of drug-likeness (QED) is 0.864. The van der Waals surface area contributed by atoms with Crippen molar-refractivity contribution in [1.82, 2.24) is 4.90 Å². The Bertz CT molecular complexity index is 463. The van der Waals surface area contributed by atoms with Gasteiger partial charge in [0.15, 0.2) is 0 Å². The van der Waals surface area contributed by atoms with Gasteiger partial charge in [0, 0.05) is 17.8 Å². The second kappa shape index (κ2) is 6.00. The number of carbonyl (C=O) groups is 2. The minimum absolute atomic E-state index is 0.256. The Kier molecular flexibility index (Phi) is 4.65. The van der Waals surface area contributed by atoms with Crippen LogP contribution in [-0.4, -0.2) is 35.1 Å². The maximum absolute atomic E-state index is 13.3. The molecule has 0 fully saturated rings. The van der Waals surface area contributed by atoms with Crippen molar-refractivity contribution in [3.05, 3.63) is 29.6 Å². The smallest absolute Gasteiger partial charge is 0.323 e. The summed E-state index contributed by atoms with van der Waals surface area (Å²) in [6.45, 7) is 3.07. The molecule has 2 N–H and O–H groups in total. The van der Waals surface area contributed by atoms with E-state index in [4.69, 9.17) is 5.11 Å². The molecule has 0 atom stereocenters. The van der Waals surface area contributed by atoms with Gasteiger partial charge in [-0.15, -0.1) is 0 Å². The van der Waals surface area contributed by atoms with Crippen LogP contribution in [0.2, 0.25) is 0 Å². The van der Waals surface area contributed by atoms with Gasteiger partial charge in [-0.05, 0) is 26.0 Å². The molecule has 0 aromatic heterocycles. The molecule has 0 aliphatic carbocycles. The van der Waals surface area contributed by atoms with Crippen molar-refractivity contribution in [2.45, 2.75) is 13.8 Å². The Morgan fingerprint density at radius 3 is 2.67 bits per heavy atom. The van der Waals surface area contributed by atoms with Gasteiger partial charge in [-0.1, -0.05) is 6.07 Å². The van der Waals surface area contributed by atoms with Crippen LogP contribution in [0.5, 0.6) is 0 Å². The molecular weight excluding hydrogens is 239 g/mol. The Balaban J connectivity index is 2.80. The fourth-order valence-electron chi connectivity index (χ4n) is 1.43. The van der Waals surface area contributed by atoms with Crippen LogP contribution in [0.4, 0.5) is 14.9 Å². The number of carbonyl (C=O) groups excluding carboxylic acids is 1. The normalized spacial score (nSPS) is 9.94. The summed E-state index contributed by atoms with van der Waals surface area (Å²) in [6.07, 6.45) is 0. The molecule has 6 heteroatoms. The lowest BCUT2D eigenvalue weighted by molar-refractivity contribution is -0.137. The van der Waals surface area contributed by atoms with Crippen LogP contribution in [0.15, 0.2) is 18.2 Å². The summed E-state index contributed by atoms with van der Waals surface area (Å²) >= 11 is 0. The molecule has 5 nitrogen and oxygen atoms in total. The van der Waals surface area contributed by atoms with Crippen LogP contribution in [0.1, 0.15) is 12.5 Å². The van der Waals surface area contributed by atoms with E-state index in [-0.39, 0.29) is 6.54 Å². The van der Waals surface area contributed by atoms with Crippen molar-refractivity contribution in [2.24, 2.45) is 0 Å². The predicted octanol–water partition coefficient (Wildman–Crippen LogP) is 2.07. The third-order valence-corrected chi connectivity index (χ3v) is 2.50. The molecule has 1 aromatic rings. The van der Waals surface area contributed by atoms with Crippen LogP contribution < -0.4 is 5.32 Å². The zero-order valence-corrected chi connectivity index (χ0v) is 10.2. The van der Waals surface area contributed by atoms with Crippen molar-refractivity contribution in [3.8, 4) is 0 Å². The Morgan fingerprint density at radius 2 is 2.11 bits per heavy atom. The number of benzene rings is 1. The lowest BCUT2D eigenvalue weighted by Crippen LogP contribution is -2.38. The molecule has 18 heavy (non-hydrogen) atoms. The summed E-state index contributed by atoms with van der Waals surface area (Å²) in [7, 11) is 0. The van der Waals surface area contributed by atoms with E-state index in [1.54, 1.807) is 19.9 Å². The topological polar surface area (TPSA) is 69.6 Å². The molecule has 1 rings (SSSR count). The van der Waals surface area contributed by atoms with Gasteiger partial charge in [-0.25, -0.2) is 9.18 Å². The second-order valence-corrected chi connectivity index (χ2v) is 3.75. The summed E-state index contributed by atoms with van der Waals surface area (Å²) in [5.74, 6) is -1.52. The molecule has 0 spiro atoms. The largest absolute Gasteiger partial charge is 0.480 e. The number of hydrogen-bond acceptors (Lipinski definition) is 2. The van der Waals surface area contributed by atoms with E-state index in [2.05, 4.69) is 5.32 Å². The van der Waals surface area contributed by atoms with Crippen LogP contribution >= 0.6 is 0 Å². The fraction of sp³-hybridized carbons (Fsp3) is 0.333. The molecule has 0 radical (unpaired) electrons. The Hall–Kier alpha value is -2.11. The van der Waals surface area contributed by atoms with E-state index in [1.165, 1.54) is 12.1 Å². The van der Waals surface area contributed by atoms with Crippen LogP contribution in [0.3, 0.4) is 0 Å². The minimum atomic E-state index is -1.09. The number of carboxylic acids is 1. The first-order valence-electron chi connectivity index (χ1n) is 5.48. The summed E-state index contributed by atoms with van der Waals surface area (Å²) in [5, 5.41) is 11.1. The molecular formula is C12H15FN2O3. The lowest BCUT2D eigenvalue weighted by atomic mass is 10.2. The molecule has 0 heterocycles. The zero-order chi connectivity index (χ0) is 13.7. The molecule has 0 aliphatic rings. The standard InChI is InChI=1S/C12H15FN2O3/c1-3-15(7-11(16)17)12(18)14-10-6-4-5-9(13)8(10)2/h4-6H,3,7H2,1-2H3,(H,14,18)(H,16,17). The molecule has 0 aliphatic heterocycles. The Labute approximate surface area is 104 Å². The fourth-order valence-corrected chi connectivity index (χ4v) is 1.43. The Morgan fingerprint density at radius 1 is 1.44 bits per heavy atom. The zero-order valence-electron chi connectivity index (χ0n) is 10.2. The number of nitrogens with zero attached hydrogens (tertiary/aromatic N) is 1. The minimum Gasteiger partial charge on any atom is -0.480 e. The highest BCUT2D eigenvalue weighted by Crippen LogP contribution is 2.17. The summed E-state index contributed by atoms with van der Waals surface area (Å²) in [4.78, 5) is 23.5. The van der Waals surface area contributed by atoms with Gasteiger partial charge in [-0.2, -0.15) is 0 Å². The van der Waals surface area contributed by atoms with E-state index in [9.17, 15) is 14.0 Å². The molecule has 98 valence electrons. The molecule has 0 unspecified atom stereocenters. The number of rotatable bonds is 4. The van der Waals surface area contributed by atoms with Gasteiger partial charge >= 0.3 is 12.0 Å². The highest BCUT2D eigenvalue weighted by Gasteiger charge is 2.16. The average Bonchev–Trinajstić information content (AvgIpc) is 2.31. The number of likely N-dealkylation sites (N-methyl/N-ethyl adjacent to an activating group) is 1. The van der Waals surface area contributed by atoms with Crippen molar-refractivity contribution in [1.29, 1.82) is 0 Å². The van der Waals surface area contributed by atoms with Crippen molar-refractivity contribution in [3.63, 3.8) is 0 Å². The van der Waals surface area contributed by atoms with E-state index >= 15 is 0 Å². The van der Waals surface area contributed by atoms with Gasteiger partial charge in [0.1, 0.15) is 12.4 Å². The van der Waals surface area contributed by atoms with Crippen LogP contribution in [-0.2, 0) is 4.79 Å². The van der Waals surface area contributed by atoms with Crippen LogP contribution in [0, 0.1) is 12.7 Å². The summed E-state index contributed by atoms with van der Waals surface area (Å²) in [6, 6.07) is 3.77. The summed E-state index contributed by atoms with van der Waals surface area (Å²) in [5.41, 5.74) is 0.654. The second-order valence-electron chi connectivity index (χ2n) is 3.75. The summed E-state index contributed by atoms with van der Waals surface area (Å²) < 4.78 is 13.3. The van der Waals surface area contributed by atoms with E-state index in [0.29, 0.717) is 11.3 Å². The molecule has 0 bridgehead atoms. The SMILES string of the molecule is CCN(CC(=O)O)C(=O)Nc1cccc(F)c1C. The number of nitrogens with one attached hydrogen (secondary N) is 1. The molecule has 0 saturated heterocycles. The lowest BCUT2D eigenvalue weighted by Gasteiger charge is -2.19. The third-order valence-electron chi connectivity index (χ3n) is 2.50. The average molecular weight is 254 g/mol. The first-order valence-corrected chi connectivity index (χ1v) is 5.48. The van der Waals surface area contributed by atoms with Gasteiger partial charge in [-0.3, -0.25) is 4.79 Å². The van der Waals surface area contributed by atoms with Crippen molar-refractivity contribution >= 4 is 17.7 Å². The van der Waals surface area contributed by atoms with Gasteiger partial charge < -0.3 is 15.3 Å². The highest BCUT2D eigenvalue weighted by molar-refractivity contribution is 5.92. The van der Waals surface area contributed by atoms with Gasteiger partial charge in [0.2, 0.25) is 0 Å². The van der Waals surface area contributed by atoms with E-state index in [0.717, 1.165) is 4.90 Å². The molecule has 2 amide bonds.